The van der Waals surface area contributed by atoms with E-state index in [0.717, 1.165) is 0 Å². The molecule has 0 amide bonds. The van der Waals surface area contributed by atoms with Gasteiger partial charge in [0.05, 0.1) is 0 Å². The summed E-state index contributed by atoms with van der Waals surface area (Å²) in [5.41, 5.74) is 0. The summed E-state index contributed by atoms with van der Waals surface area (Å²) in [7, 11) is 2.04. The Morgan fingerprint density at radius 3 is 2.70 bits per heavy atom. The Labute approximate surface area is 73.3 Å². The van der Waals surface area contributed by atoms with Crippen molar-refractivity contribution in [2.75, 3.05) is 12.0 Å². The molecule has 0 radical (unpaired) electrons. The van der Waals surface area contributed by atoms with Crippen molar-refractivity contribution in [1.29, 1.82) is 0 Å². The van der Waals surface area contributed by atoms with Crippen molar-refractivity contribution in [2.45, 2.75) is 11.0 Å². The Bertz CT molecular complexity index is 123. The van der Waals surface area contributed by atoms with Gasteiger partial charge in [0.1, 0.15) is 0 Å². The van der Waals surface area contributed by atoms with Gasteiger partial charge in [0.2, 0.25) is 0 Å². The summed E-state index contributed by atoms with van der Waals surface area (Å²) < 4.78 is 0.669. The van der Waals surface area contributed by atoms with E-state index in [1.807, 2.05) is 13.4 Å². The molecule has 0 aromatic heterocycles. The number of halogens is 1. The molecule has 10 heavy (non-hydrogen) atoms. The molecule has 3 heteroatoms. The zero-order chi connectivity index (χ0) is 7.98. The number of hydrogen-bond donors (Lipinski definition) is 0. The van der Waals surface area contributed by atoms with E-state index in [-0.39, 0.29) is 21.2 Å². The van der Waals surface area contributed by atoms with E-state index in [4.69, 9.17) is 0 Å². The van der Waals surface area contributed by atoms with E-state index in [1.165, 1.54) is 0 Å². The number of alkyl halides is 2. The van der Waals surface area contributed by atoms with E-state index < -0.39 is 0 Å². The van der Waals surface area contributed by atoms with Crippen LogP contribution in [0.25, 0.3) is 0 Å². The maximum atomic E-state index is 3.92. The quantitative estimate of drug-likeness (QED) is 0.189. The first-order chi connectivity index (χ1) is 4.72. The molecule has 2 nitrogen and oxygen atoms in total. The summed E-state index contributed by atoms with van der Waals surface area (Å²) in [5.74, 6) is 0. The van der Waals surface area contributed by atoms with Crippen molar-refractivity contribution in [3.8, 4) is 0 Å². The van der Waals surface area contributed by atoms with E-state index in [0.29, 0.717) is 4.05 Å². The van der Waals surface area contributed by atoms with Gasteiger partial charge in [-0.2, -0.15) is 0 Å². The second kappa shape index (κ2) is 5.70. The van der Waals surface area contributed by atoms with Crippen molar-refractivity contribution in [2.24, 2.45) is 4.99 Å². The maximum absolute atomic E-state index is 3.92. The molecule has 1 unspecified atom stereocenters. The molecule has 0 fully saturated rings. The Morgan fingerprint density at radius 2 is 2.30 bits per heavy atom. The second-order valence-electron chi connectivity index (χ2n) is 1.90. The van der Waals surface area contributed by atoms with Crippen LogP contribution in [0.5, 0.6) is 0 Å². The summed E-state index contributed by atoms with van der Waals surface area (Å²) in [6.07, 6.45) is 3.37. The van der Waals surface area contributed by atoms with Crippen LogP contribution in [-0.4, -0.2) is 27.3 Å². The molecule has 0 bridgehead atoms. The monoisotopic (exact) mass is 253 g/mol. The Kier molecular flexibility index (Phi) is 5.67. The van der Waals surface area contributed by atoms with Gasteiger partial charge >= 0.3 is 73.2 Å². The molecule has 60 valence electrons. The molecule has 0 aliphatic heterocycles. The fourth-order valence-electron chi connectivity index (χ4n) is 0.398. The molecule has 0 aromatic rings. The van der Waals surface area contributed by atoms with Gasteiger partial charge in [-0.1, -0.05) is 0 Å². The van der Waals surface area contributed by atoms with Crippen LogP contribution in [-0.2, 0) is 0 Å². The van der Waals surface area contributed by atoms with Crippen LogP contribution in [0.3, 0.4) is 0 Å². The summed E-state index contributed by atoms with van der Waals surface area (Å²) in [6.45, 7) is 5.71. The molecule has 0 aliphatic carbocycles. The molecular weight excluding hydrogens is 239 g/mol. The fraction of sp³-hybridized carbons (Fsp3) is 0.571. The van der Waals surface area contributed by atoms with Gasteiger partial charge in [0.25, 0.3) is 0 Å². The van der Waals surface area contributed by atoms with Gasteiger partial charge < -0.3 is 0 Å². The Balaban J connectivity index is 3.70. The SMILES string of the molecule is C=CN=CN(C)C(C)[I-]C. The zero-order valence-corrected chi connectivity index (χ0v) is 8.87. The predicted octanol–water partition coefficient (Wildman–Crippen LogP) is -1.85. The Hall–Kier alpha value is -0.0600. The molecule has 0 aromatic carbocycles. The van der Waals surface area contributed by atoms with Crippen LogP contribution in [0.2, 0.25) is 0 Å². The zero-order valence-electron chi connectivity index (χ0n) is 6.71. The van der Waals surface area contributed by atoms with Gasteiger partial charge in [0, 0.05) is 0 Å². The average molecular weight is 253 g/mol. The Morgan fingerprint density at radius 1 is 1.70 bits per heavy atom. The van der Waals surface area contributed by atoms with Gasteiger partial charge in [-0.3, -0.25) is 0 Å². The number of nitrogens with zero attached hydrogens (tertiary/aromatic N) is 2. The summed E-state index contributed by atoms with van der Waals surface area (Å²) >= 11 is 0.287. The second-order valence-corrected chi connectivity index (χ2v) is 4.95. The van der Waals surface area contributed by atoms with Crippen LogP contribution >= 0.6 is 0 Å². The molecule has 0 N–H and O–H groups in total. The summed E-state index contributed by atoms with van der Waals surface area (Å²) in [6, 6.07) is 0. The van der Waals surface area contributed by atoms with Crippen molar-refractivity contribution in [1.82, 2.24) is 4.90 Å². The van der Waals surface area contributed by atoms with E-state index in [2.05, 4.69) is 28.3 Å². The third-order valence-electron chi connectivity index (χ3n) is 1.23. The van der Waals surface area contributed by atoms with Gasteiger partial charge in [0.15, 0.2) is 0 Å². The summed E-state index contributed by atoms with van der Waals surface area (Å²) in [5, 5.41) is 0. The number of aliphatic imine (C=N–C) groups is 1. The van der Waals surface area contributed by atoms with Crippen LogP contribution in [0, 0.1) is 0 Å². The average Bonchev–Trinajstić information content (AvgIpc) is 1.98. The molecule has 0 spiro atoms. The van der Waals surface area contributed by atoms with Crippen molar-refractivity contribution < 1.29 is 21.2 Å². The van der Waals surface area contributed by atoms with E-state index in [9.17, 15) is 0 Å². The molecule has 0 heterocycles. The molecule has 0 aliphatic rings. The molecule has 1 atom stereocenters. The van der Waals surface area contributed by atoms with Gasteiger partial charge in [-0.25, -0.2) is 0 Å². The first-order valence-electron chi connectivity index (χ1n) is 3.06. The van der Waals surface area contributed by atoms with Crippen molar-refractivity contribution in [3.05, 3.63) is 12.8 Å². The van der Waals surface area contributed by atoms with Crippen LogP contribution in [0.15, 0.2) is 17.8 Å². The van der Waals surface area contributed by atoms with Crippen LogP contribution in [0.1, 0.15) is 6.92 Å². The molecule has 0 saturated carbocycles. The minimum atomic E-state index is 0.287. The molecule has 0 rings (SSSR count). The van der Waals surface area contributed by atoms with Gasteiger partial charge in [-0.15, -0.1) is 0 Å². The normalized spacial score (nSPS) is 13.9. The van der Waals surface area contributed by atoms with E-state index in [1.54, 1.807) is 6.20 Å². The summed E-state index contributed by atoms with van der Waals surface area (Å²) in [4.78, 5) is 8.31. The molecule has 0 saturated heterocycles. The number of rotatable bonds is 4. The third kappa shape index (κ3) is 3.87. The number of hydrogen-bond acceptors (Lipinski definition) is 1. The van der Waals surface area contributed by atoms with Crippen LogP contribution in [0.4, 0.5) is 0 Å². The third-order valence-corrected chi connectivity index (χ3v) is 3.91. The minimum absolute atomic E-state index is 0.287. The van der Waals surface area contributed by atoms with Crippen LogP contribution < -0.4 is 21.2 Å². The predicted molar refractivity (Wildman–Crippen MR) is 41.8 cm³/mol. The standard InChI is InChI=1S/C7H14IN2/c1-5-9-6-10(4)7(2)8-3/h5-7H,1H2,2-4H3/q-1. The van der Waals surface area contributed by atoms with Crippen molar-refractivity contribution in [3.63, 3.8) is 0 Å². The topological polar surface area (TPSA) is 15.6 Å². The molecular formula is C7H14IN2-. The first-order valence-corrected chi connectivity index (χ1v) is 6.46. The van der Waals surface area contributed by atoms with Crippen molar-refractivity contribution >= 4 is 6.34 Å². The van der Waals surface area contributed by atoms with E-state index >= 15 is 0 Å². The first kappa shape index (κ1) is 9.94. The fourth-order valence-corrected chi connectivity index (χ4v) is 1.42. The van der Waals surface area contributed by atoms with Gasteiger partial charge in [-0.05, 0) is 0 Å².